The maximum atomic E-state index is 10.9. The molecule has 1 heterocycles. The maximum Gasteiger partial charge on any atom is 0.307 e. The number of carbonyl (C=O) groups excluding carboxylic acids is 1. The molecule has 0 amide bonds. The second-order valence-electron chi connectivity index (χ2n) is 2.85. The largest absolute Gasteiger partial charge is 0.469 e. The molecule has 5 nitrogen and oxygen atoms in total. The SMILES string of the molecule is COC(=O)C[C@H](N)c1cn(C)cn1. The molecule has 1 atom stereocenters. The Hall–Kier alpha value is -1.36. The molecule has 0 radical (unpaired) electrons. The molecule has 1 aromatic rings. The number of nitrogens with two attached hydrogens (primary N) is 1. The van der Waals surface area contributed by atoms with E-state index in [9.17, 15) is 4.79 Å². The number of aryl methyl sites for hydroxylation is 1. The predicted octanol–water partition coefficient (Wildman–Crippen LogP) is -0.0170. The first kappa shape index (κ1) is 9.73. The van der Waals surface area contributed by atoms with Crippen LogP contribution in [0.25, 0.3) is 0 Å². The predicted molar refractivity (Wildman–Crippen MR) is 46.8 cm³/mol. The smallest absolute Gasteiger partial charge is 0.307 e. The summed E-state index contributed by atoms with van der Waals surface area (Å²) in [4.78, 5) is 14.9. The van der Waals surface area contributed by atoms with Crippen LogP contribution in [0.3, 0.4) is 0 Å². The molecule has 0 saturated carbocycles. The molecule has 0 aromatic carbocycles. The van der Waals surface area contributed by atoms with Crippen LogP contribution in [0.1, 0.15) is 18.2 Å². The number of imidazole rings is 1. The highest BCUT2D eigenvalue weighted by atomic mass is 16.5. The van der Waals surface area contributed by atoms with Gasteiger partial charge in [-0.05, 0) is 0 Å². The number of aromatic nitrogens is 2. The summed E-state index contributed by atoms with van der Waals surface area (Å²) >= 11 is 0. The van der Waals surface area contributed by atoms with E-state index in [2.05, 4.69) is 9.72 Å². The summed E-state index contributed by atoms with van der Waals surface area (Å²) in [5.74, 6) is -0.321. The van der Waals surface area contributed by atoms with Crippen molar-refractivity contribution in [2.45, 2.75) is 12.5 Å². The Kier molecular flexibility index (Phi) is 3.02. The van der Waals surface area contributed by atoms with E-state index >= 15 is 0 Å². The lowest BCUT2D eigenvalue weighted by Gasteiger charge is -2.05. The van der Waals surface area contributed by atoms with Gasteiger partial charge in [0.2, 0.25) is 0 Å². The van der Waals surface area contributed by atoms with Gasteiger partial charge in [0.05, 0.1) is 31.6 Å². The minimum atomic E-state index is -0.381. The first-order chi connectivity index (χ1) is 6.13. The van der Waals surface area contributed by atoms with Gasteiger partial charge < -0.3 is 15.0 Å². The van der Waals surface area contributed by atoms with Crippen molar-refractivity contribution in [1.82, 2.24) is 9.55 Å². The molecule has 0 aliphatic carbocycles. The van der Waals surface area contributed by atoms with E-state index in [0.717, 1.165) is 0 Å². The molecule has 2 N–H and O–H groups in total. The minimum absolute atomic E-state index is 0.160. The van der Waals surface area contributed by atoms with Crippen molar-refractivity contribution >= 4 is 5.97 Å². The van der Waals surface area contributed by atoms with E-state index in [-0.39, 0.29) is 18.4 Å². The van der Waals surface area contributed by atoms with Gasteiger partial charge in [0.1, 0.15) is 0 Å². The normalized spacial score (nSPS) is 12.5. The lowest BCUT2D eigenvalue weighted by molar-refractivity contribution is -0.141. The van der Waals surface area contributed by atoms with Crippen LogP contribution in [0.4, 0.5) is 0 Å². The number of hydrogen-bond donors (Lipinski definition) is 1. The van der Waals surface area contributed by atoms with Gasteiger partial charge in [-0.1, -0.05) is 0 Å². The van der Waals surface area contributed by atoms with Crippen molar-refractivity contribution in [2.24, 2.45) is 12.8 Å². The number of carbonyl (C=O) groups is 1. The summed E-state index contributed by atoms with van der Waals surface area (Å²) in [6.45, 7) is 0. The third kappa shape index (κ3) is 2.55. The van der Waals surface area contributed by atoms with Crippen molar-refractivity contribution in [3.8, 4) is 0 Å². The van der Waals surface area contributed by atoms with Crippen LogP contribution in [0.2, 0.25) is 0 Å². The third-order valence-corrected chi connectivity index (χ3v) is 1.72. The Balaban J connectivity index is 2.58. The first-order valence-electron chi connectivity index (χ1n) is 3.93. The van der Waals surface area contributed by atoms with Gasteiger partial charge in [0.25, 0.3) is 0 Å². The molecule has 5 heteroatoms. The standard InChI is InChI=1S/C8H13N3O2/c1-11-4-7(10-5-11)6(9)3-8(12)13-2/h4-6H,3,9H2,1-2H3/t6-/m0/s1. The highest BCUT2D eigenvalue weighted by molar-refractivity contribution is 5.70. The number of rotatable bonds is 3. The fourth-order valence-corrected chi connectivity index (χ4v) is 0.992. The van der Waals surface area contributed by atoms with Gasteiger partial charge in [-0.15, -0.1) is 0 Å². The van der Waals surface area contributed by atoms with Gasteiger partial charge in [-0.2, -0.15) is 0 Å². The molecule has 72 valence electrons. The monoisotopic (exact) mass is 183 g/mol. The van der Waals surface area contributed by atoms with Crippen molar-refractivity contribution in [3.05, 3.63) is 18.2 Å². The molecule has 0 aliphatic heterocycles. The minimum Gasteiger partial charge on any atom is -0.469 e. The molecular formula is C8H13N3O2. The van der Waals surface area contributed by atoms with E-state index in [1.165, 1.54) is 7.11 Å². The third-order valence-electron chi connectivity index (χ3n) is 1.72. The van der Waals surface area contributed by atoms with Crippen LogP contribution in [0, 0.1) is 0 Å². The van der Waals surface area contributed by atoms with Crippen LogP contribution in [0.15, 0.2) is 12.5 Å². The number of methoxy groups -OCH3 is 1. The van der Waals surface area contributed by atoms with Gasteiger partial charge in [0, 0.05) is 13.2 Å². The average molecular weight is 183 g/mol. The molecule has 0 fully saturated rings. The lowest BCUT2D eigenvalue weighted by Crippen LogP contribution is -2.16. The van der Waals surface area contributed by atoms with Crippen molar-refractivity contribution in [1.29, 1.82) is 0 Å². The molecular weight excluding hydrogens is 170 g/mol. The zero-order chi connectivity index (χ0) is 9.84. The Labute approximate surface area is 76.5 Å². The molecule has 0 bridgehead atoms. The molecule has 0 aliphatic rings. The number of nitrogens with zero attached hydrogens (tertiary/aromatic N) is 2. The second kappa shape index (κ2) is 4.04. The van der Waals surface area contributed by atoms with E-state index < -0.39 is 0 Å². The molecule has 13 heavy (non-hydrogen) atoms. The lowest BCUT2D eigenvalue weighted by atomic mass is 10.2. The molecule has 0 spiro atoms. The first-order valence-corrected chi connectivity index (χ1v) is 3.93. The van der Waals surface area contributed by atoms with Gasteiger partial charge in [0.15, 0.2) is 0 Å². The van der Waals surface area contributed by atoms with Crippen LogP contribution in [-0.2, 0) is 16.6 Å². The maximum absolute atomic E-state index is 10.9. The molecule has 0 unspecified atom stereocenters. The highest BCUT2D eigenvalue weighted by Crippen LogP contribution is 2.10. The fraction of sp³-hybridized carbons (Fsp3) is 0.500. The Morgan fingerprint density at radius 1 is 1.85 bits per heavy atom. The summed E-state index contributed by atoms with van der Waals surface area (Å²) in [5.41, 5.74) is 6.41. The molecule has 1 aromatic heterocycles. The van der Waals surface area contributed by atoms with E-state index in [1.54, 1.807) is 17.1 Å². The van der Waals surface area contributed by atoms with E-state index in [0.29, 0.717) is 5.69 Å². The van der Waals surface area contributed by atoms with Gasteiger partial charge >= 0.3 is 5.97 Å². The number of hydrogen-bond acceptors (Lipinski definition) is 4. The average Bonchev–Trinajstić information content (AvgIpc) is 2.51. The van der Waals surface area contributed by atoms with Crippen LogP contribution in [-0.4, -0.2) is 22.6 Å². The van der Waals surface area contributed by atoms with E-state index in [4.69, 9.17) is 5.73 Å². The quantitative estimate of drug-likeness (QED) is 0.669. The van der Waals surface area contributed by atoms with Crippen LogP contribution in [0.5, 0.6) is 0 Å². The Morgan fingerprint density at radius 2 is 2.54 bits per heavy atom. The summed E-state index contributed by atoms with van der Waals surface area (Å²) in [7, 11) is 3.19. The van der Waals surface area contributed by atoms with Gasteiger partial charge in [-0.3, -0.25) is 4.79 Å². The van der Waals surface area contributed by atoms with Crippen LogP contribution >= 0.6 is 0 Å². The van der Waals surface area contributed by atoms with Crippen molar-refractivity contribution < 1.29 is 9.53 Å². The van der Waals surface area contributed by atoms with Crippen molar-refractivity contribution in [2.75, 3.05) is 7.11 Å². The Bertz CT molecular complexity index is 295. The topological polar surface area (TPSA) is 70.1 Å². The zero-order valence-corrected chi connectivity index (χ0v) is 7.73. The summed E-state index contributed by atoms with van der Waals surface area (Å²) < 4.78 is 6.28. The summed E-state index contributed by atoms with van der Waals surface area (Å²) in [6.07, 6.45) is 3.59. The summed E-state index contributed by atoms with van der Waals surface area (Å²) in [5, 5.41) is 0. The van der Waals surface area contributed by atoms with E-state index in [1.807, 2.05) is 7.05 Å². The highest BCUT2D eigenvalue weighted by Gasteiger charge is 2.13. The fourth-order valence-electron chi connectivity index (χ4n) is 0.992. The van der Waals surface area contributed by atoms with Gasteiger partial charge in [-0.25, -0.2) is 4.98 Å². The van der Waals surface area contributed by atoms with Crippen molar-refractivity contribution in [3.63, 3.8) is 0 Å². The second-order valence-corrected chi connectivity index (χ2v) is 2.85. The summed E-state index contributed by atoms with van der Waals surface area (Å²) in [6, 6.07) is -0.381. The number of ether oxygens (including phenoxy) is 1. The Morgan fingerprint density at radius 3 is 3.00 bits per heavy atom. The number of esters is 1. The van der Waals surface area contributed by atoms with Crippen LogP contribution < -0.4 is 5.73 Å². The molecule has 0 saturated heterocycles. The molecule has 1 rings (SSSR count). The zero-order valence-electron chi connectivity index (χ0n) is 7.73.